The second-order valence-electron chi connectivity index (χ2n) is 22.9. The molecule has 0 aliphatic carbocycles. The second-order valence-corrected chi connectivity index (χ2v) is 28.1. The lowest BCUT2D eigenvalue weighted by Crippen LogP contribution is -2.43. The highest BCUT2D eigenvalue weighted by molar-refractivity contribution is 9.10. The molecule has 24 nitrogen and oxygen atoms in total. The van der Waals surface area contributed by atoms with E-state index in [0.717, 1.165) is 77.1 Å². The van der Waals surface area contributed by atoms with Gasteiger partial charge in [0.15, 0.2) is 0 Å². The summed E-state index contributed by atoms with van der Waals surface area (Å²) in [7, 11) is 35.5. The Morgan fingerprint density at radius 3 is 1.54 bits per heavy atom. The maximum atomic E-state index is 12.5. The van der Waals surface area contributed by atoms with E-state index >= 15 is 0 Å². The molecule has 36 heteroatoms. The van der Waals surface area contributed by atoms with E-state index in [4.69, 9.17) is 65.6 Å². The molecule has 4 aromatic carbocycles. The minimum absolute atomic E-state index is 0.0595. The number of sulfonamides is 2. The van der Waals surface area contributed by atoms with Crippen LogP contribution in [0.2, 0.25) is 5.28 Å². The Morgan fingerprint density at radius 2 is 1.11 bits per heavy atom. The zero-order valence-electron chi connectivity index (χ0n) is 54.9. The first-order valence-electron chi connectivity index (χ1n) is 29.7. The second kappa shape index (κ2) is 33.0. The van der Waals surface area contributed by atoms with Gasteiger partial charge in [-0.25, -0.2) is 26.8 Å². The van der Waals surface area contributed by atoms with Crippen LogP contribution in [0.5, 0.6) is 11.5 Å². The van der Waals surface area contributed by atoms with Gasteiger partial charge in [0.25, 0.3) is 0 Å². The Morgan fingerprint density at radius 1 is 0.649 bits per heavy atom. The predicted molar refractivity (Wildman–Crippen MR) is 396 cm³/mol. The summed E-state index contributed by atoms with van der Waals surface area (Å²) in [5.74, 6) is 2.41. The number of fused-ring (bicyclic) bond motifs is 2. The summed E-state index contributed by atoms with van der Waals surface area (Å²) in [6.45, 7) is 8.34. The number of aryl methyl sites for hydroxylation is 2. The van der Waals surface area contributed by atoms with Gasteiger partial charge in [-0.3, -0.25) is 35.6 Å². The van der Waals surface area contributed by atoms with Crippen LogP contribution in [0.4, 0.5) is 63.1 Å². The van der Waals surface area contributed by atoms with Crippen molar-refractivity contribution in [1.29, 1.82) is 0 Å². The molecule has 0 spiro atoms. The van der Waals surface area contributed by atoms with Gasteiger partial charge in [-0.15, -0.1) is 0 Å². The number of ether oxygens (including phenoxy) is 2. The average Bonchev–Trinajstić information content (AvgIpc) is 0.803. The van der Waals surface area contributed by atoms with E-state index in [9.17, 15) is 16.8 Å². The van der Waals surface area contributed by atoms with Crippen LogP contribution >= 0.6 is 27.5 Å². The Labute approximate surface area is 574 Å². The fourth-order valence-electron chi connectivity index (χ4n) is 10.5. The Kier molecular flexibility index (Phi) is 26.1. The fourth-order valence-corrected chi connectivity index (χ4v) is 11.9. The Balaban J connectivity index is 0.000000206. The molecule has 2 aliphatic rings. The molecule has 482 valence electrons. The first kappa shape index (κ1) is 74.2. The first-order valence-corrected chi connectivity index (χ1v) is 34.5. The summed E-state index contributed by atoms with van der Waals surface area (Å²) < 4.78 is 63.2. The lowest BCUT2D eigenvalue weighted by atomic mass is 8.76. The van der Waals surface area contributed by atoms with Crippen LogP contribution < -0.4 is 55.0 Å². The van der Waals surface area contributed by atoms with Crippen molar-refractivity contribution in [3.8, 4) is 11.5 Å². The van der Waals surface area contributed by atoms with Gasteiger partial charge in [-0.05, 0) is 184 Å². The fraction of sp³-hybridized carbons (Fsp3) is 0.379. The highest BCUT2D eigenvalue weighted by Crippen LogP contribution is 2.40. The third-order valence-electron chi connectivity index (χ3n) is 15.9. The summed E-state index contributed by atoms with van der Waals surface area (Å²) in [5.41, 5.74) is 15.9. The van der Waals surface area contributed by atoms with Crippen LogP contribution in [-0.4, -0.2) is 232 Å². The third kappa shape index (κ3) is 19.1. The number of aromatic nitrogens is 8. The van der Waals surface area contributed by atoms with E-state index in [0.29, 0.717) is 90.1 Å². The van der Waals surface area contributed by atoms with Crippen molar-refractivity contribution in [2.45, 2.75) is 51.6 Å². The van der Waals surface area contributed by atoms with E-state index in [2.05, 4.69) is 139 Å². The summed E-state index contributed by atoms with van der Waals surface area (Å²) in [4.78, 5) is 43.6. The minimum atomic E-state index is -3.62. The van der Waals surface area contributed by atoms with Crippen LogP contribution in [-0.2, 0) is 20.0 Å². The van der Waals surface area contributed by atoms with Crippen LogP contribution in [0.1, 0.15) is 36.8 Å². The molecular weight excluding hydrogens is 1310 g/mol. The molecule has 94 heavy (non-hydrogen) atoms. The predicted octanol–water partition coefficient (Wildman–Crippen LogP) is 5.37. The summed E-state index contributed by atoms with van der Waals surface area (Å²) in [6.07, 6.45) is 15.0. The molecule has 5 N–H and O–H groups in total. The Bertz CT molecular complexity index is 4160. The number of hydrogen-bond acceptors (Lipinski definition) is 22. The summed E-state index contributed by atoms with van der Waals surface area (Å²) >= 11 is 9.17. The van der Waals surface area contributed by atoms with Crippen molar-refractivity contribution in [1.82, 2.24) is 49.7 Å². The normalized spacial score (nSPS) is 13.6. The maximum Gasteiger partial charge on any atom is 0.232 e. The van der Waals surface area contributed by atoms with Crippen LogP contribution in [0.15, 0.2) is 90.2 Å². The topological polar surface area (TPSA) is 271 Å². The molecule has 0 unspecified atom stereocenters. The molecule has 12 radical (unpaired) electrons. The maximum absolute atomic E-state index is 12.5. The van der Waals surface area contributed by atoms with Gasteiger partial charge in [-0.1, -0.05) is 0 Å². The van der Waals surface area contributed by atoms with Gasteiger partial charge in [0, 0.05) is 113 Å². The van der Waals surface area contributed by atoms with Crippen molar-refractivity contribution in [2.75, 3.05) is 135 Å². The number of nitrogens with one attached hydrogen (secondary N) is 3. The number of anilines is 11. The quantitative estimate of drug-likeness (QED) is 0.0478. The van der Waals surface area contributed by atoms with Gasteiger partial charge in [0.2, 0.25) is 31.3 Å². The van der Waals surface area contributed by atoms with Crippen LogP contribution in [0.25, 0.3) is 22.1 Å². The molecule has 0 atom stereocenters. The molecule has 8 aromatic rings. The van der Waals surface area contributed by atoms with Crippen molar-refractivity contribution in [2.24, 2.45) is 0 Å². The molecule has 6 heterocycles. The SMILES string of the molecule is CN(c1c(Nc2nc(Cl)ncc2Br)ccc2nccnc12)S(C)(=O)=O.COc1cc(N2CCC(N(C)C)CC2)c(C)cc1N.[B]B([B])B([B])[B][B-].[B]c1cnc(Nc2cc(C)c(N3CCC(N(C)C)CC3)cc2OC)nc1Nc1ccc2nccnc2c1N(C)S(C)(=O)=O. The van der Waals surface area contributed by atoms with E-state index in [1.165, 1.54) is 70.0 Å². The number of nitrogen functional groups attached to an aromatic ring is 1. The molecule has 2 fully saturated rings. The number of piperidine rings is 2. The number of hydrogen-bond donors (Lipinski definition) is 4. The van der Waals surface area contributed by atoms with E-state index in [1.807, 2.05) is 18.2 Å². The molecule has 2 saturated heterocycles. The average molecular weight is 1380 g/mol. The van der Waals surface area contributed by atoms with Gasteiger partial charge in [-0.2, -0.15) is 9.97 Å². The van der Waals surface area contributed by atoms with Crippen molar-refractivity contribution >= 4 is 197 Å². The first-order chi connectivity index (χ1) is 44.4. The van der Waals surface area contributed by atoms with Crippen LogP contribution in [0.3, 0.4) is 0 Å². The number of nitrogens with zero attached hydrogens (tertiary/aromatic N) is 14. The molecule has 10 rings (SSSR count). The van der Waals surface area contributed by atoms with Gasteiger partial charge < -0.3 is 58.5 Å². The highest BCUT2D eigenvalue weighted by Gasteiger charge is 2.27. The van der Waals surface area contributed by atoms with Gasteiger partial charge in [0.05, 0.1) is 65.0 Å². The smallest absolute Gasteiger partial charge is 0.232 e. The molecule has 0 saturated carbocycles. The van der Waals surface area contributed by atoms with E-state index < -0.39 is 26.4 Å². The number of rotatable bonds is 18. The zero-order chi connectivity index (χ0) is 68.9. The number of nitrogens with two attached hydrogens (primary N) is 1. The molecular formula is C58H73B8BrClN18O6S2-. The lowest BCUT2D eigenvalue weighted by Gasteiger charge is -2.37. The monoisotopic (exact) mass is 1380 g/mol. The van der Waals surface area contributed by atoms with Gasteiger partial charge in [0.1, 0.15) is 53.4 Å². The van der Waals surface area contributed by atoms with Crippen molar-refractivity contribution in [3.63, 3.8) is 0 Å². The Hall–Kier alpha value is -7.17. The van der Waals surface area contributed by atoms with E-state index in [1.54, 1.807) is 50.9 Å². The lowest BCUT2D eigenvalue weighted by molar-refractivity contribution is 0.249. The van der Waals surface area contributed by atoms with Crippen LogP contribution in [0, 0.1) is 13.8 Å². The molecule has 0 bridgehead atoms. The zero-order valence-corrected chi connectivity index (χ0v) is 58.8. The van der Waals surface area contributed by atoms with Gasteiger partial charge >= 0.3 is 0 Å². The third-order valence-corrected chi connectivity index (χ3v) is 19.1. The molecule has 0 amide bonds. The minimum Gasteiger partial charge on any atom is -0.690 e. The largest absolute Gasteiger partial charge is 0.690 e. The van der Waals surface area contributed by atoms with Crippen molar-refractivity contribution in [3.05, 3.63) is 107 Å². The molecule has 4 aromatic heterocycles. The highest BCUT2D eigenvalue weighted by atomic mass is 79.9. The number of halogens is 2. The summed E-state index contributed by atoms with van der Waals surface area (Å²) in [6, 6.07) is 16.4. The number of methoxy groups -OCH3 is 2. The van der Waals surface area contributed by atoms with E-state index in [-0.39, 0.29) is 23.1 Å². The standard InChI is InChI=1S/C29H36BN9O3S.C15H25N3O.C14H12BrClN6O2S.B7/c1-18-15-23(25(42-5)16-24(18)39-13-9-19(10-14-39)37(2)3)35-29-33-17-20(30)28(36-29)34-22-8-7-21-26(32-12-11-31-21)27(22)38(4)43(6,40)41;1-11-9-13(16)15(19-4)10-14(11)18-7-5-12(6-8-18)17(2)3;1-22(25(2,23)24)12-10(4-3-9-11(12)18-6-5-17-9)20-13-8(15)7-19-14(16)21-13;1-5-7(4)6(2)3/h7-8,11-12,15-17,19H,9-10,13-14H2,1-6H3,(H2,33,34,35,36);9-10,12H,5-8,16H2,1-4H3;3-7H,1-2H3,(H,19,20,21);/q;;;-1. The number of benzene rings is 4. The summed E-state index contributed by atoms with van der Waals surface area (Å²) in [5, 5.41) is 9.58. The molecule has 2 aliphatic heterocycles. The van der Waals surface area contributed by atoms with Crippen molar-refractivity contribution < 1.29 is 26.3 Å².